The molecule has 1 aromatic rings. The highest BCUT2D eigenvalue weighted by molar-refractivity contribution is 6.31. The number of nitrogens with two attached hydrogens (primary N) is 2. The zero-order valence-electron chi connectivity index (χ0n) is 6.84. The quantitative estimate of drug-likeness (QED) is 0.617. The van der Waals surface area contributed by atoms with Crippen molar-refractivity contribution in [1.29, 1.82) is 0 Å². The van der Waals surface area contributed by atoms with Crippen molar-refractivity contribution in [2.24, 2.45) is 5.73 Å². The molecular weight excluding hydrogens is 194 g/mol. The van der Waals surface area contributed by atoms with Crippen LogP contribution in [0.2, 0.25) is 5.15 Å². The number of aromatic nitrogens is 2. The third-order valence-electron chi connectivity index (χ3n) is 1.35. The van der Waals surface area contributed by atoms with E-state index in [1.54, 1.807) is 7.05 Å². The first-order chi connectivity index (χ1) is 6.06. The van der Waals surface area contributed by atoms with E-state index in [1.807, 2.05) is 0 Å². The number of hydrogen-bond acceptors (Lipinski definition) is 5. The number of nitrogen functional groups attached to an aromatic ring is 1. The lowest BCUT2D eigenvalue weighted by Gasteiger charge is -2.04. The number of nitrogens with zero attached hydrogens (tertiary/aromatic N) is 2. The molecule has 1 rings (SSSR count). The monoisotopic (exact) mass is 201 g/mol. The molecule has 0 spiro atoms. The second-order valence-electron chi connectivity index (χ2n) is 2.21. The van der Waals surface area contributed by atoms with Crippen molar-refractivity contribution in [2.45, 2.75) is 0 Å². The molecule has 0 aliphatic rings. The van der Waals surface area contributed by atoms with Gasteiger partial charge in [0.25, 0.3) is 5.91 Å². The summed E-state index contributed by atoms with van der Waals surface area (Å²) < 4.78 is 0. The molecule has 5 N–H and O–H groups in total. The van der Waals surface area contributed by atoms with E-state index in [0.29, 0.717) is 5.82 Å². The van der Waals surface area contributed by atoms with Crippen molar-refractivity contribution in [3.63, 3.8) is 0 Å². The standard InChI is InChI=1S/C6H8ClN5O/c1-10-6-3(7)11-2(5(9)13)4(8)12-6/h1H3,(H2,9,13)(H3,8,10,12). The molecule has 6 nitrogen and oxygen atoms in total. The molecule has 13 heavy (non-hydrogen) atoms. The Morgan fingerprint density at radius 1 is 1.54 bits per heavy atom. The maximum absolute atomic E-state index is 10.7. The zero-order valence-corrected chi connectivity index (χ0v) is 7.59. The Kier molecular flexibility index (Phi) is 2.52. The lowest BCUT2D eigenvalue weighted by Crippen LogP contribution is -2.17. The minimum Gasteiger partial charge on any atom is -0.382 e. The molecule has 0 aromatic carbocycles. The fourth-order valence-electron chi connectivity index (χ4n) is 0.768. The Morgan fingerprint density at radius 3 is 2.62 bits per heavy atom. The zero-order chi connectivity index (χ0) is 10.0. The van der Waals surface area contributed by atoms with Gasteiger partial charge < -0.3 is 16.8 Å². The van der Waals surface area contributed by atoms with Crippen LogP contribution in [0.15, 0.2) is 0 Å². The van der Waals surface area contributed by atoms with E-state index in [2.05, 4.69) is 15.3 Å². The Labute approximate surface area is 79.3 Å². The van der Waals surface area contributed by atoms with E-state index in [9.17, 15) is 4.79 Å². The number of anilines is 2. The average molecular weight is 202 g/mol. The van der Waals surface area contributed by atoms with Crippen molar-refractivity contribution < 1.29 is 4.79 Å². The highest BCUT2D eigenvalue weighted by Gasteiger charge is 2.12. The molecule has 70 valence electrons. The molecule has 1 amide bonds. The van der Waals surface area contributed by atoms with Gasteiger partial charge in [0.1, 0.15) is 0 Å². The highest BCUT2D eigenvalue weighted by atomic mass is 35.5. The molecule has 0 saturated heterocycles. The van der Waals surface area contributed by atoms with Gasteiger partial charge in [-0.1, -0.05) is 11.6 Å². The van der Waals surface area contributed by atoms with Gasteiger partial charge in [0, 0.05) is 7.05 Å². The van der Waals surface area contributed by atoms with Crippen molar-refractivity contribution in [2.75, 3.05) is 18.1 Å². The summed E-state index contributed by atoms with van der Waals surface area (Å²) in [6.07, 6.45) is 0. The largest absolute Gasteiger partial charge is 0.382 e. The number of amides is 1. The number of rotatable bonds is 2. The van der Waals surface area contributed by atoms with Gasteiger partial charge in [-0.15, -0.1) is 0 Å². The van der Waals surface area contributed by atoms with E-state index in [0.717, 1.165) is 0 Å². The van der Waals surface area contributed by atoms with Crippen molar-refractivity contribution in [3.8, 4) is 0 Å². The molecule has 0 aliphatic carbocycles. The maximum atomic E-state index is 10.7. The molecule has 0 radical (unpaired) electrons. The Balaban J connectivity index is 3.28. The van der Waals surface area contributed by atoms with E-state index >= 15 is 0 Å². The van der Waals surface area contributed by atoms with Crippen molar-refractivity contribution in [3.05, 3.63) is 10.8 Å². The fourth-order valence-corrected chi connectivity index (χ4v) is 0.990. The minimum atomic E-state index is -0.755. The Morgan fingerprint density at radius 2 is 2.15 bits per heavy atom. The van der Waals surface area contributed by atoms with Crippen LogP contribution in [0.4, 0.5) is 11.6 Å². The van der Waals surface area contributed by atoms with Gasteiger partial charge in [0.05, 0.1) is 0 Å². The molecule has 7 heteroatoms. The molecule has 0 bridgehead atoms. The molecule has 1 heterocycles. The normalized spacial score (nSPS) is 9.69. The smallest absolute Gasteiger partial charge is 0.271 e. The fraction of sp³-hybridized carbons (Fsp3) is 0.167. The van der Waals surface area contributed by atoms with Gasteiger partial charge in [-0.2, -0.15) is 0 Å². The van der Waals surface area contributed by atoms with Crippen LogP contribution in [-0.4, -0.2) is 22.9 Å². The van der Waals surface area contributed by atoms with Crippen LogP contribution in [0.5, 0.6) is 0 Å². The summed E-state index contributed by atoms with van der Waals surface area (Å²) in [4.78, 5) is 18.2. The van der Waals surface area contributed by atoms with Crippen LogP contribution in [0.1, 0.15) is 10.5 Å². The summed E-state index contributed by atoms with van der Waals surface area (Å²) in [6.45, 7) is 0. The first kappa shape index (κ1) is 9.53. The summed E-state index contributed by atoms with van der Waals surface area (Å²) in [6, 6.07) is 0. The number of primary amides is 1. The van der Waals surface area contributed by atoms with E-state index in [1.165, 1.54) is 0 Å². The molecule has 0 fully saturated rings. The number of carbonyl (C=O) groups excluding carboxylic acids is 1. The van der Waals surface area contributed by atoms with Crippen molar-refractivity contribution in [1.82, 2.24) is 9.97 Å². The lowest BCUT2D eigenvalue weighted by molar-refractivity contribution is 0.0996. The van der Waals surface area contributed by atoms with Gasteiger partial charge in [-0.3, -0.25) is 4.79 Å². The van der Waals surface area contributed by atoms with Gasteiger partial charge in [-0.25, -0.2) is 9.97 Å². The van der Waals surface area contributed by atoms with E-state index in [-0.39, 0.29) is 16.7 Å². The van der Waals surface area contributed by atoms with Gasteiger partial charge in [0.15, 0.2) is 22.5 Å². The SMILES string of the molecule is CNc1nc(N)c(C(N)=O)nc1Cl. The average Bonchev–Trinajstić information content (AvgIpc) is 2.07. The minimum absolute atomic E-state index is 0.0405. The van der Waals surface area contributed by atoms with Crippen LogP contribution in [-0.2, 0) is 0 Å². The second-order valence-corrected chi connectivity index (χ2v) is 2.57. The third-order valence-corrected chi connectivity index (χ3v) is 1.61. The number of carbonyl (C=O) groups is 1. The van der Waals surface area contributed by atoms with E-state index in [4.69, 9.17) is 23.1 Å². The Hall–Kier alpha value is -1.56. The summed E-state index contributed by atoms with van der Waals surface area (Å²) in [5.74, 6) is -0.486. The van der Waals surface area contributed by atoms with Gasteiger partial charge in [-0.05, 0) is 0 Å². The summed E-state index contributed by atoms with van der Waals surface area (Å²) in [5.41, 5.74) is 10.2. The third kappa shape index (κ3) is 1.78. The summed E-state index contributed by atoms with van der Waals surface area (Å²) >= 11 is 5.65. The second kappa shape index (κ2) is 3.44. The molecule has 0 aliphatic heterocycles. The topological polar surface area (TPSA) is 107 Å². The summed E-state index contributed by atoms with van der Waals surface area (Å²) in [7, 11) is 1.61. The Bertz CT molecular complexity index is 353. The van der Waals surface area contributed by atoms with Crippen LogP contribution in [0.3, 0.4) is 0 Å². The molecule has 0 saturated carbocycles. The predicted octanol–water partition coefficient (Wildman–Crippen LogP) is -0.147. The first-order valence-electron chi connectivity index (χ1n) is 3.36. The first-order valence-corrected chi connectivity index (χ1v) is 3.74. The number of hydrogen-bond donors (Lipinski definition) is 3. The van der Waals surface area contributed by atoms with Crippen molar-refractivity contribution >= 4 is 29.1 Å². The number of nitrogens with one attached hydrogen (secondary N) is 1. The lowest BCUT2D eigenvalue weighted by atomic mass is 10.4. The molecule has 0 atom stereocenters. The van der Waals surface area contributed by atoms with Gasteiger partial charge in [0.2, 0.25) is 0 Å². The van der Waals surface area contributed by atoms with E-state index < -0.39 is 5.91 Å². The van der Waals surface area contributed by atoms with Crippen LogP contribution in [0.25, 0.3) is 0 Å². The summed E-state index contributed by atoms with van der Waals surface area (Å²) in [5, 5.41) is 2.73. The number of halogens is 1. The molecule has 0 unspecified atom stereocenters. The highest BCUT2D eigenvalue weighted by Crippen LogP contribution is 2.19. The van der Waals surface area contributed by atoms with Gasteiger partial charge >= 0.3 is 0 Å². The molecule has 1 aromatic heterocycles. The molecular formula is C6H8ClN5O. The predicted molar refractivity (Wildman–Crippen MR) is 49.5 cm³/mol. The van der Waals surface area contributed by atoms with Crippen LogP contribution < -0.4 is 16.8 Å². The van der Waals surface area contributed by atoms with Crippen LogP contribution in [0, 0.1) is 0 Å². The maximum Gasteiger partial charge on any atom is 0.271 e. The van der Waals surface area contributed by atoms with Crippen LogP contribution >= 0.6 is 11.6 Å².